The van der Waals surface area contributed by atoms with Crippen molar-refractivity contribution in [3.63, 3.8) is 0 Å². The maximum Gasteiger partial charge on any atom is 0.337 e. The van der Waals surface area contributed by atoms with E-state index in [1.165, 1.54) is 12.7 Å². The largest absolute Gasteiger partial charge is 0.494 e. The van der Waals surface area contributed by atoms with Crippen LogP contribution in [0, 0.1) is 6.92 Å². The molecule has 132 valence electrons. The van der Waals surface area contributed by atoms with E-state index in [9.17, 15) is 9.59 Å². The molecule has 2 aromatic carbocycles. The fraction of sp³-hybridized carbons (Fsp3) is 0.300. The molecule has 0 saturated heterocycles. The summed E-state index contributed by atoms with van der Waals surface area (Å²) in [5, 5.41) is 2.86. The molecule has 0 aliphatic rings. The number of esters is 1. The molecule has 2 aromatic rings. The highest BCUT2D eigenvalue weighted by molar-refractivity contribution is 5.89. The molecule has 0 aliphatic heterocycles. The molecule has 0 spiro atoms. The van der Waals surface area contributed by atoms with Gasteiger partial charge in [0.15, 0.2) is 0 Å². The molecule has 2 rings (SSSR count). The van der Waals surface area contributed by atoms with E-state index in [1.54, 1.807) is 24.3 Å². The van der Waals surface area contributed by atoms with Crippen LogP contribution in [-0.2, 0) is 16.1 Å². The van der Waals surface area contributed by atoms with Crippen LogP contribution in [0.4, 0.5) is 0 Å². The first-order valence-electron chi connectivity index (χ1n) is 8.22. The number of carbonyl (C=O) groups excluding carboxylic acids is 2. The Labute approximate surface area is 148 Å². The van der Waals surface area contributed by atoms with Gasteiger partial charge in [0.05, 0.1) is 19.3 Å². The van der Waals surface area contributed by atoms with Crippen LogP contribution in [0.5, 0.6) is 5.75 Å². The summed E-state index contributed by atoms with van der Waals surface area (Å²) in [6, 6.07) is 14.8. The van der Waals surface area contributed by atoms with Gasteiger partial charge in [-0.2, -0.15) is 0 Å². The van der Waals surface area contributed by atoms with E-state index in [2.05, 4.69) is 10.1 Å². The van der Waals surface area contributed by atoms with Gasteiger partial charge in [-0.3, -0.25) is 4.79 Å². The van der Waals surface area contributed by atoms with Gasteiger partial charge in [-0.1, -0.05) is 29.8 Å². The monoisotopic (exact) mass is 341 g/mol. The number of carbonyl (C=O) groups is 2. The van der Waals surface area contributed by atoms with Crippen molar-refractivity contribution in [2.45, 2.75) is 26.3 Å². The number of amides is 1. The summed E-state index contributed by atoms with van der Waals surface area (Å²) in [7, 11) is 1.35. The molecule has 0 fully saturated rings. The Kier molecular flexibility index (Phi) is 7.01. The summed E-state index contributed by atoms with van der Waals surface area (Å²) in [4.78, 5) is 23.2. The van der Waals surface area contributed by atoms with Crippen molar-refractivity contribution in [3.8, 4) is 5.75 Å². The molecule has 0 atom stereocenters. The molecule has 0 unspecified atom stereocenters. The van der Waals surface area contributed by atoms with E-state index in [-0.39, 0.29) is 11.9 Å². The van der Waals surface area contributed by atoms with Gasteiger partial charge in [0.1, 0.15) is 5.75 Å². The lowest BCUT2D eigenvalue weighted by Gasteiger charge is -2.08. The third kappa shape index (κ3) is 6.30. The Bertz CT molecular complexity index is 693. The third-order valence-electron chi connectivity index (χ3n) is 3.70. The van der Waals surface area contributed by atoms with Crippen LogP contribution in [0.25, 0.3) is 0 Å². The van der Waals surface area contributed by atoms with Crippen molar-refractivity contribution in [2.75, 3.05) is 13.7 Å². The molecular weight excluding hydrogens is 318 g/mol. The molecule has 5 heteroatoms. The zero-order chi connectivity index (χ0) is 18.1. The van der Waals surface area contributed by atoms with E-state index in [4.69, 9.17) is 4.74 Å². The van der Waals surface area contributed by atoms with E-state index >= 15 is 0 Å². The Morgan fingerprint density at radius 2 is 1.68 bits per heavy atom. The van der Waals surface area contributed by atoms with Crippen molar-refractivity contribution < 1.29 is 19.1 Å². The molecule has 0 bridgehead atoms. The number of hydrogen-bond acceptors (Lipinski definition) is 4. The van der Waals surface area contributed by atoms with Crippen molar-refractivity contribution in [2.24, 2.45) is 0 Å². The second-order valence-corrected chi connectivity index (χ2v) is 5.73. The Morgan fingerprint density at radius 1 is 1.00 bits per heavy atom. The fourth-order valence-electron chi connectivity index (χ4n) is 2.22. The van der Waals surface area contributed by atoms with Gasteiger partial charge in [0, 0.05) is 13.0 Å². The van der Waals surface area contributed by atoms with Crippen molar-refractivity contribution in [3.05, 3.63) is 65.2 Å². The second kappa shape index (κ2) is 9.47. The van der Waals surface area contributed by atoms with Gasteiger partial charge < -0.3 is 14.8 Å². The minimum atomic E-state index is -0.371. The van der Waals surface area contributed by atoms with Crippen LogP contribution in [0.1, 0.15) is 34.3 Å². The van der Waals surface area contributed by atoms with E-state index in [0.29, 0.717) is 31.6 Å². The normalized spacial score (nSPS) is 10.2. The molecule has 25 heavy (non-hydrogen) atoms. The number of methoxy groups -OCH3 is 1. The summed E-state index contributed by atoms with van der Waals surface area (Å²) in [5.41, 5.74) is 2.61. The molecule has 0 radical (unpaired) electrons. The highest BCUT2D eigenvalue weighted by Gasteiger charge is 2.05. The first-order chi connectivity index (χ1) is 12.1. The number of aryl methyl sites for hydroxylation is 1. The molecule has 0 aromatic heterocycles. The van der Waals surface area contributed by atoms with Crippen LogP contribution >= 0.6 is 0 Å². The van der Waals surface area contributed by atoms with Crippen LogP contribution in [-0.4, -0.2) is 25.6 Å². The minimum absolute atomic E-state index is 0.0236. The van der Waals surface area contributed by atoms with Crippen molar-refractivity contribution in [1.82, 2.24) is 5.32 Å². The summed E-state index contributed by atoms with van der Waals surface area (Å²) in [6.07, 6.45) is 1.06. The highest BCUT2D eigenvalue weighted by atomic mass is 16.5. The Balaban J connectivity index is 1.65. The number of rotatable bonds is 8. The predicted molar refractivity (Wildman–Crippen MR) is 95.5 cm³/mol. The van der Waals surface area contributed by atoms with Crippen molar-refractivity contribution in [1.29, 1.82) is 0 Å². The van der Waals surface area contributed by atoms with Gasteiger partial charge >= 0.3 is 5.97 Å². The van der Waals surface area contributed by atoms with E-state index in [0.717, 1.165) is 11.3 Å². The summed E-state index contributed by atoms with van der Waals surface area (Å²) < 4.78 is 10.2. The molecular formula is C20H23NO4. The number of benzene rings is 2. The van der Waals surface area contributed by atoms with Gasteiger partial charge in [0.25, 0.3) is 0 Å². The molecule has 1 amide bonds. The number of hydrogen-bond donors (Lipinski definition) is 1. The topological polar surface area (TPSA) is 64.6 Å². The van der Waals surface area contributed by atoms with Crippen LogP contribution in [0.15, 0.2) is 48.5 Å². The van der Waals surface area contributed by atoms with Crippen molar-refractivity contribution >= 4 is 11.9 Å². The summed E-state index contributed by atoms with van der Waals surface area (Å²) in [6.45, 7) is 2.96. The van der Waals surface area contributed by atoms with Crippen LogP contribution in [0.3, 0.4) is 0 Å². The first-order valence-corrected chi connectivity index (χ1v) is 8.22. The fourth-order valence-corrected chi connectivity index (χ4v) is 2.22. The van der Waals surface area contributed by atoms with Gasteiger partial charge in [-0.05, 0) is 43.2 Å². The average Bonchev–Trinajstić information content (AvgIpc) is 2.64. The SMILES string of the molecule is COC(=O)c1ccc(CNC(=O)CCCOc2ccc(C)cc2)cc1. The number of nitrogens with one attached hydrogen (secondary N) is 1. The Morgan fingerprint density at radius 3 is 2.32 bits per heavy atom. The molecule has 0 heterocycles. The lowest BCUT2D eigenvalue weighted by Crippen LogP contribution is -2.23. The highest BCUT2D eigenvalue weighted by Crippen LogP contribution is 2.11. The second-order valence-electron chi connectivity index (χ2n) is 5.73. The molecule has 1 N–H and O–H groups in total. The average molecular weight is 341 g/mol. The van der Waals surface area contributed by atoms with Crippen LogP contribution < -0.4 is 10.1 Å². The van der Waals surface area contributed by atoms with Gasteiger partial charge in [0.2, 0.25) is 5.91 Å². The maximum atomic E-state index is 11.9. The maximum absolute atomic E-state index is 11.9. The predicted octanol–water partition coefficient (Wildman–Crippen LogP) is 3.26. The van der Waals surface area contributed by atoms with E-state index in [1.807, 2.05) is 31.2 Å². The zero-order valence-corrected chi connectivity index (χ0v) is 14.6. The van der Waals surface area contributed by atoms with Gasteiger partial charge in [-0.25, -0.2) is 4.79 Å². The smallest absolute Gasteiger partial charge is 0.337 e. The lowest BCUT2D eigenvalue weighted by atomic mass is 10.1. The molecule has 0 aliphatic carbocycles. The zero-order valence-electron chi connectivity index (χ0n) is 14.6. The standard InChI is InChI=1S/C20H23NO4/c1-15-5-11-18(12-6-15)25-13-3-4-19(22)21-14-16-7-9-17(10-8-16)20(23)24-2/h5-12H,3-4,13-14H2,1-2H3,(H,21,22). The molecule has 0 saturated carbocycles. The van der Waals surface area contributed by atoms with Gasteiger partial charge in [-0.15, -0.1) is 0 Å². The van der Waals surface area contributed by atoms with E-state index < -0.39 is 0 Å². The quantitative estimate of drug-likeness (QED) is 0.591. The lowest BCUT2D eigenvalue weighted by molar-refractivity contribution is -0.121. The number of ether oxygens (including phenoxy) is 2. The van der Waals surface area contributed by atoms with Crippen LogP contribution in [0.2, 0.25) is 0 Å². The Hall–Kier alpha value is -2.82. The third-order valence-corrected chi connectivity index (χ3v) is 3.70. The summed E-state index contributed by atoms with van der Waals surface area (Å²) in [5.74, 6) is 0.422. The minimum Gasteiger partial charge on any atom is -0.494 e. The first kappa shape index (κ1) is 18.5. The molecule has 5 nitrogen and oxygen atoms in total. The summed E-state index contributed by atoms with van der Waals surface area (Å²) >= 11 is 0.